The molecule has 0 fully saturated rings. The molecule has 1 atom stereocenters. The van der Waals surface area contributed by atoms with Gasteiger partial charge < -0.3 is 24.4 Å². The molecular formula is C28H26N4O5. The van der Waals surface area contributed by atoms with Crippen LogP contribution >= 0.6 is 0 Å². The van der Waals surface area contributed by atoms with Crippen molar-refractivity contribution in [3.05, 3.63) is 89.9 Å². The molecule has 9 nitrogen and oxygen atoms in total. The van der Waals surface area contributed by atoms with Crippen LogP contribution in [0.15, 0.2) is 83.0 Å². The van der Waals surface area contributed by atoms with Gasteiger partial charge in [0, 0.05) is 11.3 Å². The molecule has 5 rings (SSSR count). The average molecular weight is 499 g/mol. The van der Waals surface area contributed by atoms with Crippen LogP contribution in [0.5, 0.6) is 17.2 Å². The smallest absolute Gasteiger partial charge is 0.326 e. The van der Waals surface area contributed by atoms with E-state index < -0.39 is 6.04 Å². The number of para-hydroxylation sites is 1. The van der Waals surface area contributed by atoms with Crippen molar-refractivity contribution in [1.82, 2.24) is 15.5 Å². The monoisotopic (exact) mass is 498 g/mol. The fourth-order valence-corrected chi connectivity index (χ4v) is 4.36. The lowest BCUT2D eigenvalue weighted by molar-refractivity contribution is 0.244. The van der Waals surface area contributed by atoms with Gasteiger partial charge in [0.25, 0.3) is 5.89 Å². The highest BCUT2D eigenvalue weighted by Gasteiger charge is 2.36. The van der Waals surface area contributed by atoms with E-state index in [2.05, 4.69) is 15.5 Å². The predicted octanol–water partition coefficient (Wildman–Crippen LogP) is 5.55. The Bertz CT molecular complexity index is 1450. The Morgan fingerprint density at radius 1 is 1.08 bits per heavy atom. The minimum absolute atomic E-state index is 0.0441. The summed E-state index contributed by atoms with van der Waals surface area (Å²) in [5, 5.41) is 17.7. The molecule has 2 amide bonds. The summed E-state index contributed by atoms with van der Waals surface area (Å²) in [6.07, 6.45) is 0. The van der Waals surface area contributed by atoms with Crippen molar-refractivity contribution in [2.24, 2.45) is 0 Å². The summed E-state index contributed by atoms with van der Waals surface area (Å²) in [6.45, 7) is 4.33. The number of allylic oxidation sites excluding steroid dienone is 1. The van der Waals surface area contributed by atoms with Gasteiger partial charge in [-0.2, -0.15) is 4.98 Å². The number of hydrogen-bond donors (Lipinski definition) is 2. The van der Waals surface area contributed by atoms with Crippen LogP contribution in [0.25, 0.3) is 17.0 Å². The molecule has 1 aromatic heterocycles. The quantitative estimate of drug-likeness (QED) is 0.344. The number of aromatic hydroxyl groups is 1. The second-order valence-electron chi connectivity index (χ2n) is 8.36. The van der Waals surface area contributed by atoms with E-state index >= 15 is 0 Å². The Morgan fingerprint density at radius 3 is 2.51 bits per heavy atom. The highest BCUT2D eigenvalue weighted by molar-refractivity contribution is 6.01. The summed E-state index contributed by atoms with van der Waals surface area (Å²) in [6, 6.07) is 20.7. The standard InChI is InChI=1S/C28H26N4O5/c1-4-36-21-13-10-18(11-14-21)26-30-27(37-31-26)24-17(2)32(20-8-6-5-7-9-20)28(34)29-25(24)19-12-15-23(35-3)22(33)16-19/h5-16,25,33H,4H2,1-3H3,(H,29,34). The molecule has 2 heterocycles. The van der Waals surface area contributed by atoms with Gasteiger partial charge in [0.15, 0.2) is 11.5 Å². The maximum absolute atomic E-state index is 13.3. The number of aromatic nitrogens is 2. The summed E-state index contributed by atoms with van der Waals surface area (Å²) in [5.74, 6) is 1.69. The van der Waals surface area contributed by atoms with E-state index in [1.54, 1.807) is 23.1 Å². The van der Waals surface area contributed by atoms with Gasteiger partial charge in [-0.1, -0.05) is 29.4 Å². The first-order valence-electron chi connectivity index (χ1n) is 11.8. The fourth-order valence-electron chi connectivity index (χ4n) is 4.36. The van der Waals surface area contributed by atoms with E-state index in [0.717, 1.165) is 11.3 Å². The van der Waals surface area contributed by atoms with Gasteiger partial charge >= 0.3 is 6.03 Å². The van der Waals surface area contributed by atoms with Crippen molar-refractivity contribution in [3.8, 4) is 28.6 Å². The number of ether oxygens (including phenoxy) is 2. The van der Waals surface area contributed by atoms with Crippen molar-refractivity contribution in [1.29, 1.82) is 0 Å². The van der Waals surface area contributed by atoms with E-state index in [1.807, 2.05) is 68.4 Å². The number of carbonyl (C=O) groups excluding carboxylic acids is 1. The number of urea groups is 1. The summed E-state index contributed by atoms with van der Waals surface area (Å²) < 4.78 is 16.4. The number of phenolic OH excluding ortho intramolecular Hbond substituents is 1. The normalized spacial score (nSPS) is 15.5. The molecule has 1 unspecified atom stereocenters. The third kappa shape index (κ3) is 4.58. The van der Waals surface area contributed by atoms with Crippen LogP contribution in [0.1, 0.15) is 31.3 Å². The first-order chi connectivity index (χ1) is 18.0. The van der Waals surface area contributed by atoms with E-state index in [-0.39, 0.29) is 17.7 Å². The van der Waals surface area contributed by atoms with Crippen LogP contribution in [0.4, 0.5) is 10.5 Å². The van der Waals surface area contributed by atoms with E-state index in [0.29, 0.717) is 40.7 Å². The molecule has 2 N–H and O–H groups in total. The van der Waals surface area contributed by atoms with Gasteiger partial charge in [0.05, 0.1) is 31.0 Å². The number of amides is 2. The van der Waals surface area contributed by atoms with Gasteiger partial charge in [-0.15, -0.1) is 0 Å². The first kappa shape index (κ1) is 23.9. The van der Waals surface area contributed by atoms with Crippen molar-refractivity contribution in [2.45, 2.75) is 19.9 Å². The Labute approximate surface area is 214 Å². The molecule has 0 radical (unpaired) electrons. The zero-order valence-corrected chi connectivity index (χ0v) is 20.6. The van der Waals surface area contributed by atoms with Crippen LogP contribution in [0, 0.1) is 0 Å². The van der Waals surface area contributed by atoms with Gasteiger partial charge in [0.1, 0.15) is 5.75 Å². The van der Waals surface area contributed by atoms with Gasteiger partial charge in [-0.25, -0.2) is 4.79 Å². The van der Waals surface area contributed by atoms with Gasteiger partial charge in [0.2, 0.25) is 5.82 Å². The van der Waals surface area contributed by atoms with Crippen LogP contribution < -0.4 is 19.7 Å². The molecule has 0 aliphatic carbocycles. The highest BCUT2D eigenvalue weighted by Crippen LogP contribution is 2.41. The molecule has 0 spiro atoms. The second-order valence-corrected chi connectivity index (χ2v) is 8.36. The SMILES string of the molecule is CCOc1ccc(-c2noc(C3=C(C)N(c4ccccc4)C(=O)NC3c3ccc(OC)c(O)c3)n2)cc1. The minimum atomic E-state index is -0.655. The molecule has 1 aliphatic heterocycles. The average Bonchev–Trinajstić information content (AvgIpc) is 3.39. The van der Waals surface area contributed by atoms with Crippen LogP contribution in [0.3, 0.4) is 0 Å². The van der Waals surface area contributed by atoms with Crippen LogP contribution in [-0.2, 0) is 0 Å². The topological polar surface area (TPSA) is 110 Å². The fraction of sp³-hybridized carbons (Fsp3) is 0.179. The number of rotatable bonds is 7. The molecule has 3 aromatic carbocycles. The second kappa shape index (κ2) is 10.1. The zero-order chi connectivity index (χ0) is 25.9. The number of carbonyl (C=O) groups is 1. The summed E-state index contributed by atoms with van der Waals surface area (Å²) in [5.41, 5.74) is 3.32. The Hall–Kier alpha value is -4.79. The molecule has 37 heavy (non-hydrogen) atoms. The zero-order valence-electron chi connectivity index (χ0n) is 20.6. The molecule has 1 aliphatic rings. The van der Waals surface area contributed by atoms with E-state index in [1.165, 1.54) is 7.11 Å². The van der Waals surface area contributed by atoms with Crippen molar-refractivity contribution in [2.75, 3.05) is 18.6 Å². The lowest BCUT2D eigenvalue weighted by Gasteiger charge is -2.35. The summed E-state index contributed by atoms with van der Waals surface area (Å²) in [7, 11) is 1.48. The van der Waals surface area contributed by atoms with Crippen molar-refractivity contribution >= 4 is 17.3 Å². The number of anilines is 1. The first-order valence-corrected chi connectivity index (χ1v) is 11.8. The lowest BCUT2D eigenvalue weighted by atomic mass is 9.94. The van der Waals surface area contributed by atoms with Crippen LogP contribution in [0.2, 0.25) is 0 Å². The summed E-state index contributed by atoms with van der Waals surface area (Å²) in [4.78, 5) is 19.5. The number of phenols is 1. The molecular weight excluding hydrogens is 472 g/mol. The maximum Gasteiger partial charge on any atom is 0.326 e. The Morgan fingerprint density at radius 2 is 1.84 bits per heavy atom. The molecule has 9 heteroatoms. The maximum atomic E-state index is 13.3. The number of nitrogens with one attached hydrogen (secondary N) is 1. The van der Waals surface area contributed by atoms with Crippen molar-refractivity contribution < 1.29 is 23.9 Å². The molecule has 0 bridgehead atoms. The third-order valence-electron chi connectivity index (χ3n) is 6.12. The van der Waals surface area contributed by atoms with E-state index in [4.69, 9.17) is 14.0 Å². The van der Waals surface area contributed by atoms with Crippen LogP contribution in [-0.4, -0.2) is 35.0 Å². The highest BCUT2D eigenvalue weighted by atomic mass is 16.5. The Balaban J connectivity index is 1.61. The van der Waals surface area contributed by atoms with Crippen molar-refractivity contribution in [3.63, 3.8) is 0 Å². The summed E-state index contributed by atoms with van der Waals surface area (Å²) >= 11 is 0. The molecule has 0 saturated carbocycles. The van der Waals surface area contributed by atoms with Gasteiger partial charge in [-0.3, -0.25) is 4.90 Å². The van der Waals surface area contributed by atoms with E-state index in [9.17, 15) is 9.90 Å². The number of methoxy groups -OCH3 is 1. The largest absolute Gasteiger partial charge is 0.504 e. The molecule has 4 aromatic rings. The molecule has 188 valence electrons. The predicted molar refractivity (Wildman–Crippen MR) is 138 cm³/mol. The third-order valence-corrected chi connectivity index (χ3v) is 6.12. The lowest BCUT2D eigenvalue weighted by Crippen LogP contribution is -2.46. The minimum Gasteiger partial charge on any atom is -0.504 e. The van der Waals surface area contributed by atoms with Gasteiger partial charge in [-0.05, 0) is 67.9 Å². The molecule has 0 saturated heterocycles. The number of nitrogens with zero attached hydrogens (tertiary/aromatic N) is 3. The number of hydrogen-bond acceptors (Lipinski definition) is 7. The Kier molecular flexibility index (Phi) is 6.51. The number of benzene rings is 3.